The SMILES string of the molecule is C[C@@H]1CCN[C@@H]1CO.Cl. The fraction of sp³-hybridized carbons (Fsp3) is 1.00. The minimum Gasteiger partial charge on any atom is -0.395 e. The lowest BCUT2D eigenvalue weighted by Gasteiger charge is -2.10. The largest absolute Gasteiger partial charge is 0.395 e. The van der Waals surface area contributed by atoms with Crippen LogP contribution in [0.3, 0.4) is 0 Å². The Labute approximate surface area is 62.1 Å². The standard InChI is InChI=1S/C6H13NO.ClH/c1-5-2-3-7-6(5)4-8;/h5-8H,2-4H2,1H3;1H/t5-,6-;/m1./s1. The number of aliphatic hydroxyl groups is 1. The van der Waals surface area contributed by atoms with Crippen LogP contribution in [0.4, 0.5) is 0 Å². The Morgan fingerprint density at radius 2 is 2.33 bits per heavy atom. The Balaban J connectivity index is 0.000000640. The molecule has 0 bridgehead atoms. The van der Waals surface area contributed by atoms with E-state index in [9.17, 15) is 0 Å². The van der Waals surface area contributed by atoms with E-state index in [1.807, 2.05) is 0 Å². The lowest BCUT2D eigenvalue weighted by atomic mass is 10.1. The predicted octanol–water partition coefficient (Wildman–Crippen LogP) is 0.398. The maximum Gasteiger partial charge on any atom is 0.0587 e. The Bertz CT molecular complexity index is 79.5. The van der Waals surface area contributed by atoms with Crippen molar-refractivity contribution in [2.45, 2.75) is 19.4 Å². The zero-order valence-corrected chi connectivity index (χ0v) is 6.45. The van der Waals surface area contributed by atoms with Crippen molar-refractivity contribution in [1.29, 1.82) is 0 Å². The molecular formula is C6H14ClNO. The molecule has 2 atom stereocenters. The zero-order chi connectivity index (χ0) is 5.98. The van der Waals surface area contributed by atoms with Crippen molar-refractivity contribution in [2.75, 3.05) is 13.2 Å². The highest BCUT2D eigenvalue weighted by Crippen LogP contribution is 2.12. The minimum atomic E-state index is 0. The summed E-state index contributed by atoms with van der Waals surface area (Å²) in [5.41, 5.74) is 0. The van der Waals surface area contributed by atoms with Gasteiger partial charge in [-0.25, -0.2) is 0 Å². The first kappa shape index (κ1) is 9.21. The lowest BCUT2D eigenvalue weighted by molar-refractivity contribution is 0.233. The Kier molecular flexibility index (Phi) is 4.19. The summed E-state index contributed by atoms with van der Waals surface area (Å²) in [5, 5.41) is 11.9. The van der Waals surface area contributed by atoms with Gasteiger partial charge in [0.25, 0.3) is 0 Å². The van der Waals surface area contributed by atoms with Crippen molar-refractivity contribution in [3.05, 3.63) is 0 Å². The highest BCUT2D eigenvalue weighted by Gasteiger charge is 2.20. The van der Waals surface area contributed by atoms with E-state index < -0.39 is 0 Å². The molecule has 56 valence electrons. The zero-order valence-electron chi connectivity index (χ0n) is 5.63. The highest BCUT2D eigenvalue weighted by atomic mass is 35.5. The van der Waals surface area contributed by atoms with Crippen LogP contribution >= 0.6 is 12.4 Å². The van der Waals surface area contributed by atoms with E-state index in [0.717, 1.165) is 6.54 Å². The highest BCUT2D eigenvalue weighted by molar-refractivity contribution is 5.85. The van der Waals surface area contributed by atoms with Crippen molar-refractivity contribution in [3.63, 3.8) is 0 Å². The van der Waals surface area contributed by atoms with Gasteiger partial charge in [-0.2, -0.15) is 0 Å². The second-order valence-electron chi connectivity index (χ2n) is 2.51. The molecule has 2 nitrogen and oxygen atoms in total. The van der Waals surface area contributed by atoms with Crippen molar-refractivity contribution in [3.8, 4) is 0 Å². The molecule has 9 heavy (non-hydrogen) atoms. The molecule has 0 aromatic carbocycles. The van der Waals surface area contributed by atoms with E-state index in [1.54, 1.807) is 0 Å². The topological polar surface area (TPSA) is 32.3 Å². The third-order valence-electron chi connectivity index (χ3n) is 1.89. The summed E-state index contributed by atoms with van der Waals surface area (Å²) in [6.07, 6.45) is 1.21. The van der Waals surface area contributed by atoms with Crippen LogP contribution in [0.5, 0.6) is 0 Å². The first-order valence-corrected chi connectivity index (χ1v) is 3.19. The number of aliphatic hydroxyl groups excluding tert-OH is 1. The smallest absolute Gasteiger partial charge is 0.0587 e. The number of nitrogens with one attached hydrogen (secondary N) is 1. The maximum atomic E-state index is 8.67. The summed E-state index contributed by atoms with van der Waals surface area (Å²) < 4.78 is 0. The summed E-state index contributed by atoms with van der Waals surface area (Å²) in [4.78, 5) is 0. The molecule has 1 heterocycles. The quantitative estimate of drug-likeness (QED) is 0.569. The van der Waals surface area contributed by atoms with Gasteiger partial charge in [0.15, 0.2) is 0 Å². The fourth-order valence-electron chi connectivity index (χ4n) is 1.14. The summed E-state index contributed by atoms with van der Waals surface area (Å²) in [5.74, 6) is 0.667. The maximum absolute atomic E-state index is 8.67. The molecule has 1 aliphatic rings. The van der Waals surface area contributed by atoms with Crippen molar-refractivity contribution >= 4 is 12.4 Å². The van der Waals surface area contributed by atoms with Gasteiger partial charge in [-0.3, -0.25) is 0 Å². The molecule has 0 aromatic rings. The van der Waals surface area contributed by atoms with Gasteiger partial charge in [0.1, 0.15) is 0 Å². The molecule has 1 rings (SSSR count). The number of rotatable bonds is 1. The average molecular weight is 152 g/mol. The van der Waals surface area contributed by atoms with Crippen molar-refractivity contribution in [2.24, 2.45) is 5.92 Å². The fourth-order valence-corrected chi connectivity index (χ4v) is 1.14. The second kappa shape index (κ2) is 4.09. The van der Waals surface area contributed by atoms with Gasteiger partial charge in [0.2, 0.25) is 0 Å². The third-order valence-corrected chi connectivity index (χ3v) is 1.89. The Hall–Kier alpha value is 0.210. The molecule has 3 heteroatoms. The molecule has 0 unspecified atom stereocenters. The van der Waals surface area contributed by atoms with Crippen LogP contribution in [-0.2, 0) is 0 Å². The van der Waals surface area contributed by atoms with Crippen LogP contribution in [0.2, 0.25) is 0 Å². The molecule has 2 N–H and O–H groups in total. The van der Waals surface area contributed by atoms with Gasteiger partial charge in [-0.05, 0) is 18.9 Å². The van der Waals surface area contributed by atoms with Gasteiger partial charge < -0.3 is 10.4 Å². The predicted molar refractivity (Wildman–Crippen MR) is 39.9 cm³/mol. The first-order valence-electron chi connectivity index (χ1n) is 3.19. The van der Waals surface area contributed by atoms with Crippen LogP contribution in [0, 0.1) is 5.92 Å². The van der Waals surface area contributed by atoms with E-state index in [-0.39, 0.29) is 12.4 Å². The number of halogens is 1. The van der Waals surface area contributed by atoms with Crippen LogP contribution < -0.4 is 5.32 Å². The first-order chi connectivity index (χ1) is 3.84. The summed E-state index contributed by atoms with van der Waals surface area (Å²) in [6.45, 7) is 3.54. The number of hydrogen-bond donors (Lipinski definition) is 2. The second-order valence-corrected chi connectivity index (χ2v) is 2.51. The molecule has 1 aliphatic heterocycles. The average Bonchev–Trinajstić information content (AvgIpc) is 2.14. The Morgan fingerprint density at radius 3 is 2.56 bits per heavy atom. The van der Waals surface area contributed by atoms with E-state index in [0.29, 0.717) is 18.6 Å². The summed E-state index contributed by atoms with van der Waals surface area (Å²) in [7, 11) is 0. The molecule has 0 spiro atoms. The molecular weight excluding hydrogens is 138 g/mol. The lowest BCUT2D eigenvalue weighted by Crippen LogP contribution is -2.29. The molecule has 1 saturated heterocycles. The van der Waals surface area contributed by atoms with E-state index in [1.165, 1.54) is 6.42 Å². The van der Waals surface area contributed by atoms with E-state index in [4.69, 9.17) is 5.11 Å². The molecule has 0 aromatic heterocycles. The van der Waals surface area contributed by atoms with E-state index >= 15 is 0 Å². The Morgan fingerprint density at radius 1 is 1.67 bits per heavy atom. The van der Waals surface area contributed by atoms with Gasteiger partial charge in [-0.15, -0.1) is 12.4 Å². The van der Waals surface area contributed by atoms with Crippen LogP contribution in [-0.4, -0.2) is 24.3 Å². The molecule has 0 radical (unpaired) electrons. The van der Waals surface area contributed by atoms with Crippen LogP contribution in [0.25, 0.3) is 0 Å². The minimum absolute atomic E-state index is 0. The van der Waals surface area contributed by atoms with Crippen molar-refractivity contribution < 1.29 is 5.11 Å². The van der Waals surface area contributed by atoms with Crippen LogP contribution in [0.1, 0.15) is 13.3 Å². The molecule has 0 saturated carbocycles. The third kappa shape index (κ3) is 2.12. The molecule has 1 fully saturated rings. The van der Waals surface area contributed by atoms with Gasteiger partial charge >= 0.3 is 0 Å². The molecule has 0 aliphatic carbocycles. The monoisotopic (exact) mass is 151 g/mol. The molecule has 0 amide bonds. The normalized spacial score (nSPS) is 34.0. The van der Waals surface area contributed by atoms with Gasteiger partial charge in [0.05, 0.1) is 6.61 Å². The summed E-state index contributed by atoms with van der Waals surface area (Å²) >= 11 is 0. The van der Waals surface area contributed by atoms with Crippen LogP contribution in [0.15, 0.2) is 0 Å². The summed E-state index contributed by atoms with van der Waals surface area (Å²) in [6, 6.07) is 0.370. The number of hydrogen-bond acceptors (Lipinski definition) is 2. The van der Waals surface area contributed by atoms with Gasteiger partial charge in [0, 0.05) is 6.04 Å². The van der Waals surface area contributed by atoms with E-state index in [2.05, 4.69) is 12.2 Å². The van der Waals surface area contributed by atoms with Gasteiger partial charge in [-0.1, -0.05) is 6.92 Å². The van der Waals surface area contributed by atoms with Crippen molar-refractivity contribution in [1.82, 2.24) is 5.32 Å².